The highest BCUT2D eigenvalue weighted by atomic mass is 16.5. The van der Waals surface area contributed by atoms with Crippen molar-refractivity contribution in [2.45, 2.75) is 33.4 Å². The summed E-state index contributed by atoms with van der Waals surface area (Å²) in [5.41, 5.74) is 5.97. The van der Waals surface area contributed by atoms with Crippen LogP contribution < -0.4 is 10.1 Å². The predicted octanol–water partition coefficient (Wildman–Crippen LogP) is 6.85. The molecule has 0 amide bonds. The molecule has 0 aliphatic rings. The highest BCUT2D eigenvalue weighted by Crippen LogP contribution is 2.32. The van der Waals surface area contributed by atoms with Crippen LogP contribution in [-0.4, -0.2) is 19.7 Å². The average molecular weight is 454 g/mol. The molecule has 1 N–H and O–H groups in total. The van der Waals surface area contributed by atoms with Crippen LogP contribution in [0, 0.1) is 6.92 Å². The molecule has 0 saturated heterocycles. The molecule has 34 heavy (non-hydrogen) atoms. The van der Waals surface area contributed by atoms with Gasteiger partial charge in [-0.25, -0.2) is 4.79 Å². The number of nitrogens with one attached hydrogen (secondary N) is 1. The molecule has 4 rings (SSSR count). The Morgan fingerprint density at radius 3 is 2.59 bits per heavy atom. The van der Waals surface area contributed by atoms with Gasteiger partial charge in [0.1, 0.15) is 5.75 Å². The number of carbonyl (C=O) groups is 1. The highest BCUT2D eigenvalue weighted by molar-refractivity contribution is 5.99. The second kappa shape index (κ2) is 10.5. The number of hydrogen-bond donors (Lipinski definition) is 1. The molecule has 0 aliphatic carbocycles. The molecule has 0 aliphatic heterocycles. The summed E-state index contributed by atoms with van der Waals surface area (Å²) in [4.78, 5) is 12.3. The summed E-state index contributed by atoms with van der Waals surface area (Å²) >= 11 is 0. The summed E-state index contributed by atoms with van der Waals surface area (Å²) < 4.78 is 10.6. The van der Waals surface area contributed by atoms with Crippen molar-refractivity contribution in [1.82, 2.24) is 5.32 Å². The molecular formula is C30H31NO3. The predicted molar refractivity (Wildman–Crippen MR) is 138 cm³/mol. The van der Waals surface area contributed by atoms with Crippen LogP contribution in [0.25, 0.3) is 21.9 Å². The van der Waals surface area contributed by atoms with Crippen LogP contribution in [0.5, 0.6) is 5.75 Å². The smallest absolute Gasteiger partial charge is 0.338 e. The Labute approximate surface area is 201 Å². The lowest BCUT2D eigenvalue weighted by molar-refractivity contribution is 0.0600. The summed E-state index contributed by atoms with van der Waals surface area (Å²) in [5.74, 6) is 0.576. The van der Waals surface area contributed by atoms with Crippen molar-refractivity contribution in [3.05, 3.63) is 101 Å². The zero-order valence-electron chi connectivity index (χ0n) is 20.2. The van der Waals surface area contributed by atoms with E-state index < -0.39 is 0 Å². The minimum atomic E-state index is -0.315. The average Bonchev–Trinajstić information content (AvgIpc) is 2.87. The fourth-order valence-electron chi connectivity index (χ4n) is 4.26. The fourth-order valence-corrected chi connectivity index (χ4v) is 4.26. The van der Waals surface area contributed by atoms with Gasteiger partial charge in [-0.05, 0) is 89.7 Å². The van der Waals surface area contributed by atoms with Crippen molar-refractivity contribution in [3.8, 4) is 16.9 Å². The first-order valence-corrected chi connectivity index (χ1v) is 11.7. The largest absolute Gasteiger partial charge is 0.494 e. The maximum Gasteiger partial charge on any atom is 0.338 e. The van der Waals surface area contributed by atoms with Crippen molar-refractivity contribution < 1.29 is 14.3 Å². The first-order chi connectivity index (χ1) is 16.5. The van der Waals surface area contributed by atoms with Crippen LogP contribution in [-0.2, 0) is 11.3 Å². The molecule has 0 saturated carbocycles. The van der Waals surface area contributed by atoms with Gasteiger partial charge in [-0.15, -0.1) is 0 Å². The quantitative estimate of drug-likeness (QED) is 0.296. The molecular weight excluding hydrogens is 422 g/mol. The van der Waals surface area contributed by atoms with Gasteiger partial charge in [0, 0.05) is 12.6 Å². The van der Waals surface area contributed by atoms with Crippen LogP contribution in [0.2, 0.25) is 0 Å². The van der Waals surface area contributed by atoms with Gasteiger partial charge in [-0.2, -0.15) is 0 Å². The molecule has 1 unspecified atom stereocenters. The molecule has 0 fully saturated rings. The first kappa shape index (κ1) is 23.5. The molecule has 0 bridgehead atoms. The van der Waals surface area contributed by atoms with Crippen LogP contribution >= 0.6 is 0 Å². The molecule has 4 aromatic carbocycles. The third-order valence-corrected chi connectivity index (χ3v) is 6.16. The zero-order chi connectivity index (χ0) is 24.1. The second-order valence-electron chi connectivity index (χ2n) is 8.49. The number of aryl methyl sites for hydroxylation is 1. The Kier molecular flexibility index (Phi) is 7.29. The highest BCUT2D eigenvalue weighted by Gasteiger charge is 2.14. The zero-order valence-corrected chi connectivity index (χ0v) is 20.2. The lowest BCUT2D eigenvalue weighted by atomic mass is 9.93. The number of rotatable bonds is 8. The summed E-state index contributed by atoms with van der Waals surface area (Å²) in [7, 11) is 1.42. The summed E-state index contributed by atoms with van der Waals surface area (Å²) in [6.45, 7) is 7.45. The molecule has 0 spiro atoms. The van der Waals surface area contributed by atoms with E-state index in [0.29, 0.717) is 18.7 Å². The molecule has 4 aromatic rings. The van der Waals surface area contributed by atoms with Gasteiger partial charge in [0.05, 0.1) is 19.3 Å². The van der Waals surface area contributed by atoms with E-state index >= 15 is 0 Å². The Bertz CT molecular complexity index is 1310. The van der Waals surface area contributed by atoms with Crippen molar-refractivity contribution in [2.75, 3.05) is 13.7 Å². The molecule has 4 nitrogen and oxygen atoms in total. The maximum absolute atomic E-state index is 12.3. The summed E-state index contributed by atoms with van der Waals surface area (Å²) in [6, 6.07) is 27.2. The van der Waals surface area contributed by atoms with Gasteiger partial charge in [-0.1, -0.05) is 48.5 Å². The van der Waals surface area contributed by atoms with Crippen molar-refractivity contribution in [2.24, 2.45) is 0 Å². The first-order valence-electron chi connectivity index (χ1n) is 11.7. The Morgan fingerprint density at radius 1 is 0.971 bits per heavy atom. The lowest BCUT2D eigenvalue weighted by Gasteiger charge is -2.17. The third kappa shape index (κ3) is 5.13. The molecule has 4 heteroatoms. The molecule has 174 valence electrons. The fraction of sp³-hybridized carbons (Fsp3) is 0.233. The van der Waals surface area contributed by atoms with Crippen LogP contribution in [0.4, 0.5) is 0 Å². The van der Waals surface area contributed by atoms with Crippen molar-refractivity contribution in [3.63, 3.8) is 0 Å². The Hall–Kier alpha value is -3.63. The SMILES string of the molecule is CCOc1cccc(C(C)NCc2cc(-c3ccc(C)c(C(=O)OC)c3)c3ccccc3c2)c1. The second-order valence-corrected chi connectivity index (χ2v) is 8.49. The molecule has 0 heterocycles. The number of hydrogen-bond acceptors (Lipinski definition) is 4. The number of benzene rings is 4. The van der Waals surface area contributed by atoms with E-state index in [4.69, 9.17) is 9.47 Å². The maximum atomic E-state index is 12.3. The summed E-state index contributed by atoms with van der Waals surface area (Å²) in [6.07, 6.45) is 0. The molecule has 1 atom stereocenters. The Balaban J connectivity index is 1.66. The molecule has 0 radical (unpaired) electrons. The van der Waals surface area contributed by atoms with Gasteiger partial charge < -0.3 is 14.8 Å². The number of fused-ring (bicyclic) bond motifs is 1. The van der Waals surface area contributed by atoms with Crippen LogP contribution in [0.1, 0.15) is 46.9 Å². The van der Waals surface area contributed by atoms with Crippen LogP contribution in [0.15, 0.2) is 78.9 Å². The minimum Gasteiger partial charge on any atom is -0.494 e. The normalized spacial score (nSPS) is 11.9. The topological polar surface area (TPSA) is 47.6 Å². The van der Waals surface area contributed by atoms with E-state index in [0.717, 1.165) is 27.8 Å². The number of esters is 1. The van der Waals surface area contributed by atoms with Gasteiger partial charge in [0.25, 0.3) is 0 Å². The van der Waals surface area contributed by atoms with E-state index in [-0.39, 0.29) is 12.0 Å². The number of carbonyl (C=O) groups excluding carboxylic acids is 1. The van der Waals surface area contributed by atoms with Crippen LogP contribution in [0.3, 0.4) is 0 Å². The van der Waals surface area contributed by atoms with Gasteiger partial charge in [0.2, 0.25) is 0 Å². The lowest BCUT2D eigenvalue weighted by Crippen LogP contribution is -2.18. The standard InChI is InChI=1S/C30H31NO3/c1-5-34-26-11-8-10-23(17-26)21(3)31-19-22-15-24-9-6-7-12-27(24)29(16-22)25-14-13-20(2)28(18-25)30(32)33-4/h6-18,21,31H,5,19H2,1-4H3. The van der Waals surface area contributed by atoms with E-state index in [2.05, 4.69) is 60.8 Å². The van der Waals surface area contributed by atoms with E-state index in [1.54, 1.807) is 0 Å². The molecule has 0 aromatic heterocycles. The number of methoxy groups -OCH3 is 1. The monoisotopic (exact) mass is 453 g/mol. The van der Waals surface area contributed by atoms with Gasteiger partial charge in [-0.3, -0.25) is 0 Å². The summed E-state index contributed by atoms with van der Waals surface area (Å²) in [5, 5.41) is 5.97. The van der Waals surface area contributed by atoms with Gasteiger partial charge >= 0.3 is 5.97 Å². The van der Waals surface area contributed by atoms with E-state index in [1.165, 1.54) is 23.6 Å². The third-order valence-electron chi connectivity index (χ3n) is 6.16. The van der Waals surface area contributed by atoms with Crippen molar-refractivity contribution >= 4 is 16.7 Å². The van der Waals surface area contributed by atoms with E-state index in [1.807, 2.05) is 44.2 Å². The number of ether oxygens (including phenoxy) is 2. The minimum absolute atomic E-state index is 0.167. The van der Waals surface area contributed by atoms with E-state index in [9.17, 15) is 4.79 Å². The Morgan fingerprint density at radius 2 is 1.79 bits per heavy atom. The van der Waals surface area contributed by atoms with Crippen molar-refractivity contribution in [1.29, 1.82) is 0 Å². The van der Waals surface area contributed by atoms with Gasteiger partial charge in [0.15, 0.2) is 0 Å².